The van der Waals surface area contributed by atoms with E-state index in [-0.39, 0.29) is 5.82 Å². The molecule has 0 saturated heterocycles. The van der Waals surface area contributed by atoms with Gasteiger partial charge in [0.2, 0.25) is 0 Å². The highest BCUT2D eigenvalue weighted by Crippen LogP contribution is 2.21. The Morgan fingerprint density at radius 1 is 1.18 bits per heavy atom. The smallest absolute Gasteiger partial charge is 0.131 e. The number of nitrogens with two attached hydrogens (primary N) is 1. The van der Waals surface area contributed by atoms with Gasteiger partial charge in [-0.25, -0.2) is 4.39 Å². The van der Waals surface area contributed by atoms with Crippen LogP contribution in [0.2, 0.25) is 0 Å². The van der Waals surface area contributed by atoms with Crippen LogP contribution in [0.25, 0.3) is 0 Å². The molecule has 1 rings (SSSR count). The first-order valence-electron chi connectivity index (χ1n) is 3.56. The Hall–Kier alpha value is -1.05. The Labute approximate surface area is 66.0 Å². The standard InChI is InChI=1S/C9H12FN/c1-5-4-6(2)9(11)7(3)8(5)10/h4H,11H2,1-3H3. The summed E-state index contributed by atoms with van der Waals surface area (Å²) in [6.07, 6.45) is 0. The fourth-order valence-corrected chi connectivity index (χ4v) is 1.18. The second kappa shape index (κ2) is 2.53. The first-order chi connectivity index (χ1) is 5.04. The van der Waals surface area contributed by atoms with E-state index in [0.717, 1.165) is 5.56 Å². The number of hydrogen-bond donors (Lipinski definition) is 1. The summed E-state index contributed by atoms with van der Waals surface area (Å²) in [5.41, 5.74) is 8.34. The highest BCUT2D eigenvalue weighted by molar-refractivity contribution is 5.54. The Kier molecular flexibility index (Phi) is 1.85. The molecule has 11 heavy (non-hydrogen) atoms. The molecular weight excluding hydrogens is 141 g/mol. The molecule has 1 nitrogen and oxygen atoms in total. The third kappa shape index (κ3) is 1.20. The first-order valence-corrected chi connectivity index (χ1v) is 3.56. The van der Waals surface area contributed by atoms with Crippen LogP contribution in [0.3, 0.4) is 0 Å². The van der Waals surface area contributed by atoms with E-state index < -0.39 is 0 Å². The number of halogens is 1. The number of benzene rings is 1. The van der Waals surface area contributed by atoms with Crippen molar-refractivity contribution in [3.05, 3.63) is 28.6 Å². The van der Waals surface area contributed by atoms with Crippen LogP contribution in [0.5, 0.6) is 0 Å². The van der Waals surface area contributed by atoms with Gasteiger partial charge < -0.3 is 5.73 Å². The van der Waals surface area contributed by atoms with Crippen molar-refractivity contribution in [1.29, 1.82) is 0 Å². The van der Waals surface area contributed by atoms with Crippen molar-refractivity contribution in [2.24, 2.45) is 0 Å². The monoisotopic (exact) mass is 153 g/mol. The minimum Gasteiger partial charge on any atom is -0.398 e. The van der Waals surface area contributed by atoms with Crippen LogP contribution in [-0.2, 0) is 0 Å². The van der Waals surface area contributed by atoms with Crippen molar-refractivity contribution < 1.29 is 4.39 Å². The quantitative estimate of drug-likeness (QED) is 0.569. The zero-order valence-corrected chi connectivity index (χ0v) is 7.03. The maximum Gasteiger partial charge on any atom is 0.131 e. The lowest BCUT2D eigenvalue weighted by Crippen LogP contribution is -1.98. The van der Waals surface area contributed by atoms with Crippen LogP contribution < -0.4 is 5.73 Å². The van der Waals surface area contributed by atoms with Crippen molar-refractivity contribution in [3.63, 3.8) is 0 Å². The lowest BCUT2D eigenvalue weighted by Gasteiger charge is -2.07. The number of nitrogen functional groups attached to an aromatic ring is 1. The summed E-state index contributed by atoms with van der Waals surface area (Å²) in [5.74, 6) is -0.187. The molecule has 0 unspecified atom stereocenters. The van der Waals surface area contributed by atoms with Crippen molar-refractivity contribution in [2.75, 3.05) is 5.73 Å². The van der Waals surface area contributed by atoms with E-state index in [0.29, 0.717) is 16.8 Å². The number of aryl methyl sites for hydroxylation is 2. The van der Waals surface area contributed by atoms with E-state index in [1.54, 1.807) is 19.9 Å². The minimum absolute atomic E-state index is 0.187. The molecule has 2 heteroatoms. The molecule has 0 radical (unpaired) electrons. The molecule has 0 aromatic heterocycles. The van der Waals surface area contributed by atoms with Gasteiger partial charge in [0.25, 0.3) is 0 Å². The van der Waals surface area contributed by atoms with Gasteiger partial charge in [0, 0.05) is 11.3 Å². The molecule has 0 fully saturated rings. The average molecular weight is 153 g/mol. The second-order valence-electron chi connectivity index (χ2n) is 2.86. The molecule has 0 bridgehead atoms. The third-order valence-corrected chi connectivity index (χ3v) is 1.94. The lowest BCUT2D eigenvalue weighted by molar-refractivity contribution is 0.609. The third-order valence-electron chi connectivity index (χ3n) is 1.94. The van der Waals surface area contributed by atoms with Crippen LogP contribution in [-0.4, -0.2) is 0 Å². The van der Waals surface area contributed by atoms with Gasteiger partial charge in [0.1, 0.15) is 5.82 Å². The summed E-state index contributed by atoms with van der Waals surface area (Å²) in [4.78, 5) is 0. The fraction of sp³-hybridized carbons (Fsp3) is 0.333. The second-order valence-corrected chi connectivity index (χ2v) is 2.86. The molecule has 0 heterocycles. The van der Waals surface area contributed by atoms with Crippen LogP contribution in [0.4, 0.5) is 10.1 Å². The Balaban J connectivity index is 3.46. The minimum atomic E-state index is -0.187. The van der Waals surface area contributed by atoms with E-state index in [9.17, 15) is 4.39 Å². The van der Waals surface area contributed by atoms with Gasteiger partial charge in [-0.15, -0.1) is 0 Å². The van der Waals surface area contributed by atoms with Gasteiger partial charge in [-0.2, -0.15) is 0 Å². The molecule has 0 amide bonds. The Bertz CT molecular complexity index is 266. The predicted molar refractivity (Wildman–Crippen MR) is 45.0 cm³/mol. The van der Waals surface area contributed by atoms with E-state index in [4.69, 9.17) is 5.73 Å². The fourth-order valence-electron chi connectivity index (χ4n) is 1.18. The van der Waals surface area contributed by atoms with Gasteiger partial charge in [0.05, 0.1) is 0 Å². The summed E-state index contributed by atoms with van der Waals surface area (Å²) >= 11 is 0. The zero-order chi connectivity index (χ0) is 8.59. The van der Waals surface area contributed by atoms with Crippen molar-refractivity contribution in [2.45, 2.75) is 20.8 Å². The summed E-state index contributed by atoms with van der Waals surface area (Å²) in [6, 6.07) is 1.76. The molecule has 0 spiro atoms. The van der Waals surface area contributed by atoms with Gasteiger partial charge in [-0.3, -0.25) is 0 Å². The van der Waals surface area contributed by atoms with Crippen LogP contribution in [0, 0.1) is 26.6 Å². The number of hydrogen-bond acceptors (Lipinski definition) is 1. The first kappa shape index (κ1) is 8.05. The summed E-state index contributed by atoms with van der Waals surface area (Å²) < 4.78 is 13.1. The topological polar surface area (TPSA) is 26.0 Å². The molecular formula is C9H12FN. The maximum absolute atomic E-state index is 13.1. The summed E-state index contributed by atoms with van der Waals surface area (Å²) in [6.45, 7) is 5.33. The Morgan fingerprint density at radius 2 is 1.73 bits per heavy atom. The van der Waals surface area contributed by atoms with Gasteiger partial charge >= 0.3 is 0 Å². The average Bonchev–Trinajstić information content (AvgIpc) is 1.97. The summed E-state index contributed by atoms with van der Waals surface area (Å²) in [7, 11) is 0. The number of rotatable bonds is 0. The van der Waals surface area contributed by atoms with Crippen LogP contribution >= 0.6 is 0 Å². The highest BCUT2D eigenvalue weighted by Gasteiger charge is 2.06. The van der Waals surface area contributed by atoms with Crippen LogP contribution in [0.15, 0.2) is 6.07 Å². The highest BCUT2D eigenvalue weighted by atomic mass is 19.1. The Morgan fingerprint density at radius 3 is 2.27 bits per heavy atom. The molecule has 0 aliphatic carbocycles. The lowest BCUT2D eigenvalue weighted by atomic mass is 10.0. The predicted octanol–water partition coefficient (Wildman–Crippen LogP) is 2.33. The molecule has 0 saturated carbocycles. The SMILES string of the molecule is Cc1cc(C)c(F)c(C)c1N. The number of anilines is 1. The zero-order valence-electron chi connectivity index (χ0n) is 7.03. The molecule has 1 aromatic carbocycles. The van der Waals surface area contributed by atoms with Gasteiger partial charge in [-0.1, -0.05) is 6.07 Å². The van der Waals surface area contributed by atoms with Gasteiger partial charge in [0.15, 0.2) is 0 Å². The van der Waals surface area contributed by atoms with E-state index in [1.165, 1.54) is 0 Å². The van der Waals surface area contributed by atoms with E-state index in [1.807, 2.05) is 6.92 Å². The van der Waals surface area contributed by atoms with E-state index in [2.05, 4.69) is 0 Å². The molecule has 2 N–H and O–H groups in total. The molecule has 0 aliphatic rings. The molecule has 0 atom stereocenters. The van der Waals surface area contributed by atoms with Crippen LogP contribution in [0.1, 0.15) is 16.7 Å². The summed E-state index contributed by atoms with van der Waals surface area (Å²) in [5, 5.41) is 0. The molecule has 0 aliphatic heterocycles. The van der Waals surface area contributed by atoms with E-state index >= 15 is 0 Å². The van der Waals surface area contributed by atoms with Gasteiger partial charge in [-0.05, 0) is 31.9 Å². The molecule has 60 valence electrons. The van der Waals surface area contributed by atoms with Crippen molar-refractivity contribution in [3.8, 4) is 0 Å². The normalized spacial score (nSPS) is 10.2. The van der Waals surface area contributed by atoms with Crippen molar-refractivity contribution in [1.82, 2.24) is 0 Å². The molecule has 1 aromatic rings. The maximum atomic E-state index is 13.1. The largest absolute Gasteiger partial charge is 0.398 e. The van der Waals surface area contributed by atoms with Crippen molar-refractivity contribution >= 4 is 5.69 Å².